The second kappa shape index (κ2) is 6.51. The first-order valence-electron chi connectivity index (χ1n) is 8.43. The number of hydrogen-bond acceptors (Lipinski definition) is 4. The third-order valence-corrected chi connectivity index (χ3v) is 5.17. The Labute approximate surface area is 147 Å². The van der Waals surface area contributed by atoms with E-state index in [4.69, 9.17) is 17.0 Å². The lowest BCUT2D eigenvalue weighted by atomic mass is 9.80. The predicted octanol–water partition coefficient (Wildman–Crippen LogP) is 3.79. The molecule has 3 rings (SSSR count). The maximum Gasteiger partial charge on any atom is 0.423 e. The molecule has 1 spiro atoms. The van der Waals surface area contributed by atoms with Crippen LogP contribution in [0.15, 0.2) is 24.3 Å². The largest absolute Gasteiger partial charge is 0.449 e. The molecule has 1 aliphatic heterocycles. The summed E-state index contributed by atoms with van der Waals surface area (Å²) in [6.45, 7) is 3.93. The summed E-state index contributed by atoms with van der Waals surface area (Å²) in [5.41, 5.74) is 1.20. The minimum absolute atomic E-state index is 0.211. The van der Waals surface area contributed by atoms with Crippen molar-refractivity contribution in [1.82, 2.24) is 4.90 Å². The lowest BCUT2D eigenvalue weighted by Gasteiger charge is -2.39. The molecule has 0 aromatic heterocycles. The van der Waals surface area contributed by atoms with Crippen LogP contribution in [0.2, 0.25) is 0 Å². The van der Waals surface area contributed by atoms with Crippen molar-refractivity contribution in [2.45, 2.75) is 51.5 Å². The number of hydrogen-bond donors (Lipinski definition) is 0. The van der Waals surface area contributed by atoms with Gasteiger partial charge >= 0.3 is 6.09 Å². The fraction of sp³-hybridized carbons (Fsp3) is 0.500. The first kappa shape index (κ1) is 16.9. The number of carbonyl (C=O) groups is 2. The van der Waals surface area contributed by atoms with Gasteiger partial charge in [0.1, 0.15) is 5.54 Å². The third kappa shape index (κ3) is 2.59. The Kier molecular flexibility index (Phi) is 4.58. The lowest BCUT2D eigenvalue weighted by Crippen LogP contribution is -2.51. The molecule has 1 heterocycles. The van der Waals surface area contributed by atoms with E-state index >= 15 is 0 Å². The highest BCUT2D eigenvalue weighted by Gasteiger charge is 2.58. The number of imide groups is 1. The molecule has 1 saturated heterocycles. The van der Waals surface area contributed by atoms with E-state index in [0.717, 1.165) is 35.4 Å². The normalized spacial score (nSPS) is 19.9. The van der Waals surface area contributed by atoms with Crippen LogP contribution in [0.4, 0.5) is 10.5 Å². The number of thiocarbonyl (C=S) groups is 1. The topological polar surface area (TPSA) is 49.9 Å². The van der Waals surface area contributed by atoms with Crippen molar-refractivity contribution < 1.29 is 14.3 Å². The maximum absolute atomic E-state index is 13.2. The molecule has 2 aliphatic rings. The summed E-state index contributed by atoms with van der Waals surface area (Å²) in [5.74, 6) is -0.243. The minimum atomic E-state index is -0.754. The molecule has 5 nitrogen and oxygen atoms in total. The Bertz CT molecular complexity index is 683. The van der Waals surface area contributed by atoms with Crippen molar-refractivity contribution in [3.05, 3.63) is 29.8 Å². The Balaban J connectivity index is 2.08. The van der Waals surface area contributed by atoms with Gasteiger partial charge in [-0.3, -0.25) is 4.79 Å². The van der Waals surface area contributed by atoms with E-state index in [1.54, 1.807) is 6.92 Å². The molecular formula is C18H22N2O3S. The molecule has 1 aromatic rings. The van der Waals surface area contributed by atoms with E-state index in [0.29, 0.717) is 12.8 Å². The van der Waals surface area contributed by atoms with Crippen molar-refractivity contribution in [2.75, 3.05) is 11.5 Å². The zero-order valence-electron chi connectivity index (χ0n) is 14.1. The molecular weight excluding hydrogens is 324 g/mol. The van der Waals surface area contributed by atoms with Crippen molar-refractivity contribution in [1.29, 1.82) is 0 Å². The molecule has 2 amide bonds. The molecule has 128 valence electrons. The van der Waals surface area contributed by atoms with Crippen LogP contribution in [-0.4, -0.2) is 34.2 Å². The summed E-state index contributed by atoms with van der Waals surface area (Å²) in [5, 5.41) is 0.228. The summed E-state index contributed by atoms with van der Waals surface area (Å²) in [6.07, 6.45) is 3.74. The van der Waals surface area contributed by atoms with Crippen LogP contribution in [0.1, 0.15) is 44.6 Å². The monoisotopic (exact) mass is 346 g/mol. The molecule has 6 heteroatoms. The van der Waals surface area contributed by atoms with E-state index in [1.165, 1.54) is 0 Å². The van der Waals surface area contributed by atoms with Gasteiger partial charge in [0.15, 0.2) is 5.11 Å². The van der Waals surface area contributed by atoms with Crippen LogP contribution in [0.3, 0.4) is 0 Å². The summed E-state index contributed by atoms with van der Waals surface area (Å²) >= 11 is 5.54. The van der Waals surface area contributed by atoms with Crippen LogP contribution >= 0.6 is 12.2 Å². The van der Waals surface area contributed by atoms with Crippen LogP contribution in [-0.2, 0) is 9.53 Å². The highest BCUT2D eigenvalue weighted by atomic mass is 32.1. The molecule has 0 unspecified atom stereocenters. The molecule has 24 heavy (non-hydrogen) atoms. The van der Waals surface area contributed by atoms with E-state index in [-0.39, 0.29) is 17.6 Å². The number of carbonyl (C=O) groups excluding carboxylic acids is 2. The van der Waals surface area contributed by atoms with Gasteiger partial charge in [0, 0.05) is 5.69 Å². The van der Waals surface area contributed by atoms with Gasteiger partial charge in [-0.25, -0.2) is 4.79 Å². The fourth-order valence-corrected chi connectivity index (χ4v) is 4.16. The zero-order valence-corrected chi connectivity index (χ0v) is 14.9. The number of benzene rings is 1. The quantitative estimate of drug-likeness (QED) is 0.763. The number of anilines is 1. The van der Waals surface area contributed by atoms with Gasteiger partial charge in [0.2, 0.25) is 0 Å². The Morgan fingerprint density at radius 3 is 2.62 bits per heavy atom. The highest BCUT2D eigenvalue weighted by molar-refractivity contribution is 7.80. The molecule has 1 aromatic carbocycles. The average Bonchev–Trinajstić information content (AvgIpc) is 2.76. The third-order valence-electron chi connectivity index (χ3n) is 4.80. The molecule has 1 aliphatic carbocycles. The van der Waals surface area contributed by atoms with Gasteiger partial charge < -0.3 is 9.64 Å². The van der Waals surface area contributed by atoms with E-state index < -0.39 is 11.6 Å². The second-order valence-corrected chi connectivity index (χ2v) is 6.75. The van der Waals surface area contributed by atoms with Gasteiger partial charge in [-0.15, -0.1) is 0 Å². The first-order chi connectivity index (χ1) is 11.5. The standard InChI is InChI=1S/C18H22N2O3S/c1-3-23-17(22)19-15(21)18(10-5-4-6-11-18)20(16(19)24)14-9-7-8-13(2)12-14/h7-9,12H,3-6,10-11H2,1-2H3. The van der Waals surface area contributed by atoms with E-state index in [1.807, 2.05) is 36.1 Å². The summed E-state index contributed by atoms with van der Waals surface area (Å²) < 4.78 is 5.06. The summed E-state index contributed by atoms with van der Waals surface area (Å²) in [4.78, 5) is 28.4. The van der Waals surface area contributed by atoms with Gasteiger partial charge in [-0.05, 0) is 56.6 Å². The second-order valence-electron chi connectivity index (χ2n) is 6.39. The van der Waals surface area contributed by atoms with Crippen LogP contribution in [0.5, 0.6) is 0 Å². The zero-order chi connectivity index (χ0) is 17.3. The van der Waals surface area contributed by atoms with Crippen LogP contribution in [0.25, 0.3) is 0 Å². The van der Waals surface area contributed by atoms with Crippen molar-refractivity contribution in [2.24, 2.45) is 0 Å². The molecule has 0 N–H and O–H groups in total. The first-order valence-corrected chi connectivity index (χ1v) is 8.84. The molecule has 0 atom stereocenters. The van der Waals surface area contributed by atoms with E-state index in [9.17, 15) is 9.59 Å². The predicted molar refractivity (Wildman–Crippen MR) is 95.9 cm³/mol. The SMILES string of the molecule is CCOC(=O)N1C(=O)C2(CCCCC2)N(c2cccc(C)c2)C1=S. The Morgan fingerprint density at radius 2 is 2.00 bits per heavy atom. The molecule has 2 fully saturated rings. The van der Waals surface area contributed by atoms with Crippen molar-refractivity contribution >= 4 is 35.0 Å². The van der Waals surface area contributed by atoms with Crippen molar-refractivity contribution in [3.8, 4) is 0 Å². The maximum atomic E-state index is 13.2. The lowest BCUT2D eigenvalue weighted by molar-refractivity contribution is -0.130. The number of ether oxygens (including phenoxy) is 1. The minimum Gasteiger partial charge on any atom is -0.449 e. The average molecular weight is 346 g/mol. The van der Waals surface area contributed by atoms with Gasteiger partial charge in [0.25, 0.3) is 5.91 Å². The number of amides is 2. The van der Waals surface area contributed by atoms with E-state index in [2.05, 4.69) is 0 Å². The highest BCUT2D eigenvalue weighted by Crippen LogP contribution is 2.43. The number of aryl methyl sites for hydroxylation is 1. The van der Waals surface area contributed by atoms with Crippen LogP contribution in [0, 0.1) is 6.92 Å². The van der Waals surface area contributed by atoms with Crippen LogP contribution < -0.4 is 4.90 Å². The van der Waals surface area contributed by atoms with Crippen molar-refractivity contribution in [3.63, 3.8) is 0 Å². The number of nitrogens with zero attached hydrogens (tertiary/aromatic N) is 2. The molecule has 0 bridgehead atoms. The number of rotatable bonds is 2. The van der Waals surface area contributed by atoms with Gasteiger partial charge in [-0.1, -0.05) is 31.4 Å². The summed E-state index contributed by atoms with van der Waals surface area (Å²) in [7, 11) is 0. The fourth-order valence-electron chi connectivity index (χ4n) is 3.72. The Morgan fingerprint density at radius 1 is 1.29 bits per heavy atom. The summed E-state index contributed by atoms with van der Waals surface area (Å²) in [6, 6.07) is 7.89. The van der Waals surface area contributed by atoms with Gasteiger partial charge in [-0.2, -0.15) is 4.90 Å². The van der Waals surface area contributed by atoms with Gasteiger partial charge in [0.05, 0.1) is 6.61 Å². The Hall–Kier alpha value is -1.95. The molecule has 0 radical (unpaired) electrons. The smallest absolute Gasteiger partial charge is 0.423 e. The molecule has 1 saturated carbocycles.